The summed E-state index contributed by atoms with van der Waals surface area (Å²) in [4.78, 5) is 2.57. The quantitative estimate of drug-likeness (QED) is 0.410. The monoisotopic (exact) mass is 332 g/mol. The minimum atomic E-state index is -10.7. The van der Waals surface area contributed by atoms with Crippen molar-refractivity contribution in [2.45, 2.75) is 9.79 Å². The van der Waals surface area contributed by atoms with Gasteiger partial charge in [-0.05, 0) is 24.3 Å². The molecule has 0 nitrogen and oxygen atoms in total. The van der Waals surface area contributed by atoms with Crippen molar-refractivity contribution in [3.05, 3.63) is 60.7 Å². The Morgan fingerprint density at radius 2 is 0.850 bits per heavy atom. The van der Waals surface area contributed by atoms with E-state index < -0.39 is 7.81 Å². The van der Waals surface area contributed by atoms with Crippen molar-refractivity contribution in [1.29, 1.82) is 0 Å². The van der Waals surface area contributed by atoms with Gasteiger partial charge in [-0.2, -0.15) is 0 Å². The van der Waals surface area contributed by atoms with Crippen LogP contribution in [-0.2, 0) is 0 Å². The van der Waals surface area contributed by atoms with Gasteiger partial charge in [-0.25, -0.2) is 0 Å². The topological polar surface area (TPSA) is 0 Å². The second-order valence-corrected chi connectivity index (χ2v) is 6.75. The van der Waals surface area contributed by atoms with Gasteiger partial charge in [0, 0.05) is 9.79 Å². The zero-order valence-corrected chi connectivity index (χ0v) is 11.6. The maximum absolute atomic E-state index is 10.7. The van der Waals surface area contributed by atoms with E-state index >= 15 is 0 Å². The number of halogens is 6. The molecule has 0 aliphatic heterocycles. The SMILES string of the molecule is F[P-](F)(F)(F)(F)F.[H+].c1ccc(Sc2ccccc2)cc1. The molecule has 0 unspecified atom stereocenters. The van der Waals surface area contributed by atoms with E-state index in [0.29, 0.717) is 0 Å². The first-order valence-corrected chi connectivity index (χ1v) is 8.09. The Kier molecular flexibility index (Phi) is 4.46. The molecule has 0 heterocycles. The van der Waals surface area contributed by atoms with Gasteiger partial charge in [0.05, 0.1) is 0 Å². The molecular weight excluding hydrogens is 321 g/mol. The molecule has 20 heavy (non-hydrogen) atoms. The summed E-state index contributed by atoms with van der Waals surface area (Å²) in [5.74, 6) is 0. The van der Waals surface area contributed by atoms with E-state index in [1.54, 1.807) is 11.8 Å². The van der Waals surface area contributed by atoms with Gasteiger partial charge in [0.15, 0.2) is 0 Å². The van der Waals surface area contributed by atoms with Crippen molar-refractivity contribution in [1.82, 2.24) is 0 Å². The summed E-state index contributed by atoms with van der Waals surface area (Å²) < 4.78 is 59.2. The summed E-state index contributed by atoms with van der Waals surface area (Å²) in [6, 6.07) is 20.8. The van der Waals surface area contributed by atoms with Crippen molar-refractivity contribution in [2.75, 3.05) is 0 Å². The summed E-state index contributed by atoms with van der Waals surface area (Å²) in [6.07, 6.45) is 0. The third-order valence-corrected chi connectivity index (χ3v) is 2.74. The fourth-order valence-corrected chi connectivity index (χ4v) is 1.97. The molecular formula is C12H11F6PS. The van der Waals surface area contributed by atoms with E-state index in [4.69, 9.17) is 0 Å². The van der Waals surface area contributed by atoms with Gasteiger partial charge >= 0.3 is 34.4 Å². The standard InChI is InChI=1S/C12H10S.F6P/c1-3-7-11(8-4-1)13-12-9-5-2-6-10-12;1-7(2,3,4,5)6/h1-10H;/q;-1/p+1. The molecule has 0 atom stereocenters. The molecule has 0 bridgehead atoms. The minimum absolute atomic E-state index is 0. The summed E-state index contributed by atoms with van der Waals surface area (Å²) >= 11 is 1.79. The molecule has 0 fully saturated rings. The van der Waals surface area contributed by atoms with Gasteiger partial charge in [-0.3, -0.25) is 0 Å². The maximum atomic E-state index is 9.87. The molecule has 0 radical (unpaired) electrons. The molecule has 0 amide bonds. The smallest absolute Gasteiger partial charge is 0.0901 e. The first kappa shape index (κ1) is 16.9. The van der Waals surface area contributed by atoms with Crippen molar-refractivity contribution in [3.8, 4) is 0 Å². The molecule has 0 spiro atoms. The van der Waals surface area contributed by atoms with Crippen LogP contribution in [0.5, 0.6) is 0 Å². The van der Waals surface area contributed by atoms with Gasteiger partial charge in [0.2, 0.25) is 0 Å². The molecule has 2 aromatic carbocycles. The summed E-state index contributed by atoms with van der Waals surface area (Å²) in [6.45, 7) is 0. The van der Waals surface area contributed by atoms with Gasteiger partial charge in [-0.15, -0.1) is 0 Å². The fourth-order valence-electron chi connectivity index (χ4n) is 1.11. The summed E-state index contributed by atoms with van der Waals surface area (Å²) in [5, 5.41) is 0. The molecule has 0 saturated heterocycles. The second-order valence-electron chi connectivity index (χ2n) is 3.69. The van der Waals surface area contributed by atoms with E-state index in [1.165, 1.54) is 9.79 Å². The zero-order chi connectivity index (χ0) is 15.3. The Balaban J connectivity index is 0.000000436. The van der Waals surface area contributed by atoms with Gasteiger partial charge in [0.1, 0.15) is 0 Å². The van der Waals surface area contributed by atoms with Crippen molar-refractivity contribution in [3.63, 3.8) is 0 Å². The second kappa shape index (κ2) is 5.30. The molecule has 0 aliphatic rings. The van der Waals surface area contributed by atoms with E-state index in [1.807, 2.05) is 12.1 Å². The van der Waals surface area contributed by atoms with Crippen LogP contribution in [0.25, 0.3) is 0 Å². The number of hydrogen-bond acceptors (Lipinski definition) is 1. The Hall–Kier alpha value is -1.20. The van der Waals surface area contributed by atoms with Gasteiger partial charge in [0.25, 0.3) is 0 Å². The summed E-state index contributed by atoms with van der Waals surface area (Å²) in [7, 11) is -10.7. The average molecular weight is 332 g/mol. The van der Waals surface area contributed by atoms with Gasteiger partial charge < -0.3 is 0 Å². The van der Waals surface area contributed by atoms with Crippen LogP contribution in [0.2, 0.25) is 0 Å². The van der Waals surface area contributed by atoms with Crippen LogP contribution in [-0.4, -0.2) is 0 Å². The predicted molar refractivity (Wildman–Crippen MR) is 71.7 cm³/mol. The van der Waals surface area contributed by atoms with Crippen molar-refractivity contribution in [2.24, 2.45) is 0 Å². The molecule has 0 aliphatic carbocycles. The average Bonchev–Trinajstić information content (AvgIpc) is 2.27. The van der Waals surface area contributed by atoms with E-state index in [9.17, 15) is 25.2 Å². The predicted octanol–water partition coefficient (Wildman–Crippen LogP) is 7.33. The van der Waals surface area contributed by atoms with E-state index in [2.05, 4.69) is 48.5 Å². The molecule has 112 valence electrons. The number of hydrogen-bond donors (Lipinski definition) is 0. The van der Waals surface area contributed by atoms with E-state index in [0.717, 1.165) is 0 Å². The Morgan fingerprint density at radius 1 is 0.600 bits per heavy atom. The van der Waals surface area contributed by atoms with Crippen molar-refractivity contribution >= 4 is 19.6 Å². The Bertz CT molecular complexity index is 495. The zero-order valence-electron chi connectivity index (χ0n) is 10.9. The van der Waals surface area contributed by atoms with Crippen LogP contribution in [0.15, 0.2) is 70.5 Å². The van der Waals surface area contributed by atoms with Crippen LogP contribution < -0.4 is 0 Å². The largest absolute Gasteiger partial charge is 1.00 e. The molecule has 2 rings (SSSR count). The summed E-state index contributed by atoms with van der Waals surface area (Å²) in [5.41, 5.74) is 0. The van der Waals surface area contributed by atoms with Crippen LogP contribution in [0.1, 0.15) is 1.43 Å². The number of benzene rings is 2. The Morgan fingerprint density at radius 3 is 1.10 bits per heavy atom. The maximum Gasteiger partial charge on any atom is 1.00 e. The van der Waals surface area contributed by atoms with Crippen LogP contribution in [0.3, 0.4) is 0 Å². The minimum Gasteiger partial charge on any atom is -0.0901 e. The van der Waals surface area contributed by atoms with Gasteiger partial charge in [-0.1, -0.05) is 48.2 Å². The number of rotatable bonds is 2. The third kappa shape index (κ3) is 11.9. The molecule has 0 saturated carbocycles. The van der Waals surface area contributed by atoms with Crippen LogP contribution in [0.4, 0.5) is 25.2 Å². The first-order valence-electron chi connectivity index (χ1n) is 5.24. The third-order valence-electron chi connectivity index (χ3n) is 1.72. The molecule has 0 aromatic heterocycles. The molecule has 2 aromatic rings. The normalized spacial score (nSPS) is 14.5. The molecule has 0 N–H and O–H groups in total. The van der Waals surface area contributed by atoms with Crippen LogP contribution >= 0.6 is 19.6 Å². The van der Waals surface area contributed by atoms with E-state index in [-0.39, 0.29) is 1.43 Å². The van der Waals surface area contributed by atoms with Crippen molar-refractivity contribution < 1.29 is 26.6 Å². The first-order chi connectivity index (χ1) is 8.90. The van der Waals surface area contributed by atoms with Crippen LogP contribution in [0, 0.1) is 0 Å². The fraction of sp³-hybridized carbons (Fsp3) is 0. The molecule has 8 heteroatoms. The Labute approximate surface area is 117 Å².